The maximum atomic E-state index is 11.5. The molecule has 8 heteroatoms. The maximum absolute atomic E-state index is 11.5. The van der Waals surface area contributed by atoms with E-state index in [9.17, 15) is 18.0 Å². The fraction of sp³-hybridized carbons (Fsp3) is 0.900. The van der Waals surface area contributed by atoms with Gasteiger partial charge < -0.3 is 9.84 Å². The van der Waals surface area contributed by atoms with Crippen LogP contribution in [0.15, 0.2) is 0 Å². The van der Waals surface area contributed by atoms with Gasteiger partial charge in [0, 0.05) is 0 Å². The van der Waals surface area contributed by atoms with Gasteiger partial charge in [0.2, 0.25) is 0 Å². The topological polar surface area (TPSA) is 118 Å². The van der Waals surface area contributed by atoms with E-state index in [0.717, 1.165) is 19.3 Å². The number of esters is 1. The van der Waals surface area contributed by atoms with Crippen molar-refractivity contribution in [1.82, 2.24) is 0 Å². The van der Waals surface area contributed by atoms with Gasteiger partial charge in [-0.3, -0.25) is 14.1 Å². The molecular weight excluding hydrogens is 384 g/mol. The van der Waals surface area contributed by atoms with Crippen LogP contribution < -0.4 is 0 Å². The second kappa shape index (κ2) is 16.8. The van der Waals surface area contributed by atoms with Crippen LogP contribution in [0.5, 0.6) is 0 Å². The van der Waals surface area contributed by atoms with E-state index >= 15 is 0 Å². The van der Waals surface area contributed by atoms with Gasteiger partial charge in [-0.25, -0.2) is 0 Å². The Morgan fingerprint density at radius 2 is 1.18 bits per heavy atom. The molecule has 0 amide bonds. The number of aliphatic carboxylic acids is 1. The Bertz CT molecular complexity index is 517. The average molecular weight is 423 g/mol. The third kappa shape index (κ3) is 15.9. The predicted octanol–water partition coefficient (Wildman–Crippen LogP) is 4.74. The third-order valence-electron chi connectivity index (χ3n) is 4.75. The van der Waals surface area contributed by atoms with Crippen molar-refractivity contribution in [3.8, 4) is 0 Å². The Kier molecular flexibility index (Phi) is 16.1. The number of hydrogen-bond acceptors (Lipinski definition) is 5. The van der Waals surface area contributed by atoms with Gasteiger partial charge in [0.15, 0.2) is 5.25 Å². The van der Waals surface area contributed by atoms with Gasteiger partial charge in [-0.2, -0.15) is 8.42 Å². The van der Waals surface area contributed by atoms with Crippen LogP contribution in [0.1, 0.15) is 103 Å². The SMILES string of the molecule is CCCCCCCCCCCCCCCCOC(=O)CC(C(=O)O)S(=O)(=O)O. The summed E-state index contributed by atoms with van der Waals surface area (Å²) in [4.78, 5) is 22.2. The molecule has 0 saturated heterocycles. The first kappa shape index (κ1) is 26.9. The van der Waals surface area contributed by atoms with Gasteiger partial charge in [-0.05, 0) is 6.42 Å². The van der Waals surface area contributed by atoms with Crippen molar-refractivity contribution in [3.05, 3.63) is 0 Å². The highest BCUT2D eigenvalue weighted by Gasteiger charge is 2.33. The van der Waals surface area contributed by atoms with Crippen molar-refractivity contribution in [3.63, 3.8) is 0 Å². The quantitative estimate of drug-likeness (QED) is 0.175. The zero-order valence-corrected chi connectivity index (χ0v) is 18.1. The molecule has 0 aromatic carbocycles. The van der Waals surface area contributed by atoms with E-state index in [4.69, 9.17) is 14.4 Å². The van der Waals surface area contributed by atoms with Crippen molar-refractivity contribution < 1.29 is 32.4 Å². The molecular formula is C20H38O7S. The molecule has 0 aromatic heterocycles. The molecule has 0 aromatic rings. The number of hydrogen-bond donors (Lipinski definition) is 2. The van der Waals surface area contributed by atoms with Crippen molar-refractivity contribution in [2.45, 2.75) is 108 Å². The first-order valence-electron chi connectivity index (χ1n) is 10.6. The fourth-order valence-corrected chi connectivity index (χ4v) is 3.61. The number of ether oxygens (including phenoxy) is 1. The van der Waals surface area contributed by atoms with Crippen molar-refractivity contribution in [2.75, 3.05) is 6.61 Å². The summed E-state index contributed by atoms with van der Waals surface area (Å²) >= 11 is 0. The van der Waals surface area contributed by atoms with Gasteiger partial charge >= 0.3 is 11.9 Å². The number of unbranched alkanes of at least 4 members (excludes halogenated alkanes) is 13. The van der Waals surface area contributed by atoms with Gasteiger partial charge in [0.25, 0.3) is 10.1 Å². The number of rotatable bonds is 19. The largest absolute Gasteiger partial charge is 0.480 e. The van der Waals surface area contributed by atoms with E-state index in [-0.39, 0.29) is 6.61 Å². The monoisotopic (exact) mass is 422 g/mol. The van der Waals surface area contributed by atoms with Crippen LogP contribution in [0.4, 0.5) is 0 Å². The summed E-state index contributed by atoms with van der Waals surface area (Å²) < 4.78 is 35.4. The van der Waals surface area contributed by atoms with Crippen molar-refractivity contribution in [2.24, 2.45) is 0 Å². The summed E-state index contributed by atoms with van der Waals surface area (Å²) in [5, 5.41) is 6.54. The highest BCUT2D eigenvalue weighted by molar-refractivity contribution is 7.87. The molecule has 7 nitrogen and oxygen atoms in total. The van der Waals surface area contributed by atoms with Crippen LogP contribution in [0.3, 0.4) is 0 Å². The van der Waals surface area contributed by atoms with Gasteiger partial charge in [-0.1, -0.05) is 90.4 Å². The first-order chi connectivity index (χ1) is 13.3. The van der Waals surface area contributed by atoms with Gasteiger partial charge in [-0.15, -0.1) is 0 Å². The Labute approximate surface area is 170 Å². The van der Waals surface area contributed by atoms with E-state index in [1.807, 2.05) is 0 Å². The fourth-order valence-electron chi connectivity index (χ4n) is 3.01. The molecule has 0 radical (unpaired) electrons. The second-order valence-electron chi connectivity index (χ2n) is 7.36. The summed E-state index contributed by atoms with van der Waals surface area (Å²) in [6.07, 6.45) is 16.1. The predicted molar refractivity (Wildman–Crippen MR) is 109 cm³/mol. The Morgan fingerprint density at radius 1 is 0.786 bits per heavy atom. The summed E-state index contributed by atoms with van der Waals surface area (Å²) in [5.41, 5.74) is 0. The molecule has 1 atom stereocenters. The smallest absolute Gasteiger partial charge is 0.325 e. The Balaban J connectivity index is 3.48. The molecule has 0 heterocycles. The second-order valence-corrected chi connectivity index (χ2v) is 8.96. The lowest BCUT2D eigenvalue weighted by molar-refractivity contribution is -0.147. The lowest BCUT2D eigenvalue weighted by atomic mass is 10.0. The maximum Gasteiger partial charge on any atom is 0.325 e. The number of carbonyl (C=O) groups excluding carboxylic acids is 1. The molecule has 0 fully saturated rings. The first-order valence-corrected chi connectivity index (χ1v) is 12.1. The third-order valence-corrected chi connectivity index (χ3v) is 5.84. The van der Waals surface area contributed by atoms with E-state index in [1.54, 1.807) is 0 Å². The molecule has 0 saturated carbocycles. The molecule has 0 aliphatic rings. The van der Waals surface area contributed by atoms with Crippen LogP contribution >= 0.6 is 0 Å². The standard InChI is InChI=1S/C20H38O7S/c1-2-3-4-5-6-7-8-9-10-11-12-13-14-15-16-27-19(21)17-18(20(22)23)28(24,25)26/h18H,2-17H2,1H3,(H,22,23)(H,24,25,26). The van der Waals surface area contributed by atoms with Crippen LogP contribution in [-0.4, -0.2) is 41.9 Å². The number of carboxylic acids is 1. The molecule has 1 unspecified atom stereocenters. The lowest BCUT2D eigenvalue weighted by Gasteiger charge is -2.09. The highest BCUT2D eigenvalue weighted by atomic mass is 32.2. The zero-order valence-electron chi connectivity index (χ0n) is 17.2. The Morgan fingerprint density at radius 3 is 1.54 bits per heavy atom. The average Bonchev–Trinajstić information content (AvgIpc) is 2.61. The minimum atomic E-state index is -4.82. The van der Waals surface area contributed by atoms with E-state index in [2.05, 4.69) is 6.92 Å². The molecule has 0 aliphatic carbocycles. The molecule has 0 aliphatic heterocycles. The van der Waals surface area contributed by atoms with Gasteiger partial charge in [0.1, 0.15) is 0 Å². The molecule has 0 spiro atoms. The van der Waals surface area contributed by atoms with Crippen LogP contribution in [0, 0.1) is 0 Å². The van der Waals surface area contributed by atoms with E-state index in [0.29, 0.717) is 6.42 Å². The zero-order chi connectivity index (χ0) is 21.3. The van der Waals surface area contributed by atoms with E-state index in [1.165, 1.54) is 64.2 Å². The summed E-state index contributed by atoms with van der Waals surface area (Å²) in [7, 11) is -4.82. The summed E-state index contributed by atoms with van der Waals surface area (Å²) in [6.45, 7) is 2.37. The molecule has 0 bridgehead atoms. The number of carbonyl (C=O) groups is 2. The molecule has 2 N–H and O–H groups in total. The summed E-state index contributed by atoms with van der Waals surface area (Å²) in [6, 6.07) is 0. The van der Waals surface area contributed by atoms with Gasteiger partial charge in [0.05, 0.1) is 13.0 Å². The lowest BCUT2D eigenvalue weighted by Crippen LogP contribution is -2.32. The molecule has 28 heavy (non-hydrogen) atoms. The van der Waals surface area contributed by atoms with Crippen LogP contribution in [0.25, 0.3) is 0 Å². The summed E-state index contributed by atoms with van der Waals surface area (Å²) in [5.74, 6) is -2.70. The molecule has 166 valence electrons. The normalized spacial score (nSPS) is 12.6. The Hall–Kier alpha value is -1.15. The van der Waals surface area contributed by atoms with Crippen molar-refractivity contribution in [1.29, 1.82) is 0 Å². The van der Waals surface area contributed by atoms with E-state index < -0.39 is 33.7 Å². The van der Waals surface area contributed by atoms with Crippen LogP contribution in [0.2, 0.25) is 0 Å². The number of carboxylic acid groups (broad SMARTS) is 1. The molecule has 0 rings (SSSR count). The highest BCUT2D eigenvalue weighted by Crippen LogP contribution is 2.13. The minimum absolute atomic E-state index is 0.134. The minimum Gasteiger partial charge on any atom is -0.480 e. The van der Waals surface area contributed by atoms with Crippen molar-refractivity contribution >= 4 is 22.1 Å². The van der Waals surface area contributed by atoms with Crippen LogP contribution in [-0.2, 0) is 24.4 Å².